The number of amides is 2. The number of ether oxygens (including phenoxy) is 3. The molecule has 0 spiro atoms. The Labute approximate surface area is 235 Å². The number of halogens is 5. The third-order valence-corrected chi connectivity index (χ3v) is 8.40. The van der Waals surface area contributed by atoms with Crippen LogP contribution in [0.5, 0.6) is 11.5 Å². The molecule has 1 saturated heterocycles. The molecule has 0 saturated carbocycles. The van der Waals surface area contributed by atoms with Gasteiger partial charge in [-0.3, -0.25) is 0 Å². The van der Waals surface area contributed by atoms with Crippen molar-refractivity contribution in [1.29, 1.82) is 0 Å². The predicted octanol–water partition coefficient (Wildman–Crippen LogP) is 6.98. The van der Waals surface area contributed by atoms with Gasteiger partial charge in [-0.1, -0.05) is 13.8 Å². The molecule has 1 fully saturated rings. The Hall–Kier alpha value is -3.23. The second kappa shape index (κ2) is 11.6. The summed E-state index contributed by atoms with van der Waals surface area (Å²) < 4.78 is 89.4. The molecule has 1 atom stereocenters. The number of carbonyl (C=O) groups excluding carboxylic acids is 1. The van der Waals surface area contributed by atoms with Crippen LogP contribution in [0.3, 0.4) is 0 Å². The standard InChI is InChI=1S/C27H33F5N4O4Si/c1-26(2)14-39-21(26)12-34-25(37)35-16-10-18(28)23(19(29)11-16)40-20-6-7-33-24-22(20)17(27(30,31)32)13-36(24)15-38-8-9-41(3,4)5/h6-7,10-11,13,21H,8-9,12,14-15H2,1-5H3,(H2,34,35,37)/q-1. The fourth-order valence-electron chi connectivity index (χ4n) is 4.20. The molecular weight excluding hydrogens is 567 g/mol. The summed E-state index contributed by atoms with van der Waals surface area (Å²) in [5, 5.41) is 4.44. The van der Waals surface area contributed by atoms with Gasteiger partial charge in [0.25, 0.3) is 0 Å². The van der Waals surface area contributed by atoms with E-state index in [4.69, 9.17) is 14.2 Å². The van der Waals surface area contributed by atoms with Crippen molar-refractivity contribution in [2.75, 3.05) is 25.1 Å². The van der Waals surface area contributed by atoms with Crippen molar-refractivity contribution in [1.82, 2.24) is 14.9 Å². The molecule has 1 aromatic carbocycles. The number of fused-ring (bicyclic) bond motifs is 1. The van der Waals surface area contributed by atoms with E-state index in [2.05, 4.69) is 35.3 Å². The maximum Gasteiger partial charge on any atom is 0.418 e. The fraction of sp³-hybridized carbons (Fsp3) is 0.481. The zero-order valence-electron chi connectivity index (χ0n) is 23.4. The van der Waals surface area contributed by atoms with E-state index in [-0.39, 0.29) is 36.1 Å². The minimum atomic E-state index is -4.80. The van der Waals surface area contributed by atoms with Gasteiger partial charge in [0, 0.05) is 48.8 Å². The number of anilines is 1. The van der Waals surface area contributed by atoms with Gasteiger partial charge in [-0.05, 0) is 6.07 Å². The first kappa shape index (κ1) is 30.7. The Morgan fingerprint density at radius 3 is 2.46 bits per heavy atom. The summed E-state index contributed by atoms with van der Waals surface area (Å²) in [5.41, 5.74) is -1.51. The molecule has 2 aromatic heterocycles. The number of aromatic nitrogens is 2. The van der Waals surface area contributed by atoms with Crippen molar-refractivity contribution in [3.8, 4) is 11.5 Å². The van der Waals surface area contributed by atoms with E-state index in [0.29, 0.717) is 13.2 Å². The molecule has 1 aliphatic rings. The zero-order chi connectivity index (χ0) is 30.2. The predicted molar refractivity (Wildman–Crippen MR) is 146 cm³/mol. The van der Waals surface area contributed by atoms with Crippen molar-refractivity contribution < 1.29 is 41.0 Å². The van der Waals surface area contributed by atoms with Crippen LogP contribution in [-0.2, 0) is 22.4 Å². The van der Waals surface area contributed by atoms with E-state index in [1.54, 1.807) is 0 Å². The Bertz CT molecular complexity index is 1400. The monoisotopic (exact) mass is 600 g/mol. The van der Waals surface area contributed by atoms with Crippen molar-refractivity contribution in [2.45, 2.75) is 58.5 Å². The average Bonchev–Trinajstić information content (AvgIpc) is 3.23. The van der Waals surface area contributed by atoms with E-state index in [9.17, 15) is 26.7 Å². The summed E-state index contributed by atoms with van der Waals surface area (Å²) in [5.74, 6) is -3.82. The number of hydrogen-bond acceptors (Lipinski definition) is 5. The molecule has 3 aromatic rings. The summed E-state index contributed by atoms with van der Waals surface area (Å²) in [4.78, 5) is 16.3. The van der Waals surface area contributed by atoms with Crippen LogP contribution in [0, 0.1) is 17.0 Å². The first-order valence-corrected chi connectivity index (χ1v) is 16.7. The maximum atomic E-state index is 15.0. The molecule has 2 N–H and O–H groups in total. The molecule has 0 bridgehead atoms. The van der Waals surface area contributed by atoms with Gasteiger partial charge in [-0.15, -0.1) is 14.1 Å². The average molecular weight is 601 g/mol. The number of pyridine rings is 1. The Balaban J connectivity index is 1.54. The van der Waals surface area contributed by atoms with Crippen molar-refractivity contribution in [3.63, 3.8) is 0 Å². The molecular formula is C27H33F5N4O4Si-. The lowest BCUT2D eigenvalue weighted by Crippen LogP contribution is -2.53. The first-order chi connectivity index (χ1) is 19.0. The van der Waals surface area contributed by atoms with Gasteiger partial charge in [0.2, 0.25) is 0 Å². The van der Waals surface area contributed by atoms with Gasteiger partial charge in [0.15, 0.2) is 17.4 Å². The number of nitrogens with zero attached hydrogens (tertiary/aromatic N) is 2. The lowest BCUT2D eigenvalue weighted by atomic mass is 9.82. The van der Waals surface area contributed by atoms with Crippen LogP contribution in [0.1, 0.15) is 19.4 Å². The van der Waals surface area contributed by atoms with E-state index >= 15 is 0 Å². The van der Waals surface area contributed by atoms with Crippen molar-refractivity contribution in [2.24, 2.45) is 5.41 Å². The summed E-state index contributed by atoms with van der Waals surface area (Å²) >= 11 is 0. The van der Waals surface area contributed by atoms with Gasteiger partial charge in [-0.25, -0.2) is 18.6 Å². The highest BCUT2D eigenvalue weighted by molar-refractivity contribution is 6.76. The molecule has 0 aliphatic carbocycles. The number of alkyl halides is 3. The lowest BCUT2D eigenvalue weighted by Gasteiger charge is -2.44. The van der Waals surface area contributed by atoms with Gasteiger partial charge in [0.1, 0.15) is 18.1 Å². The third-order valence-electron chi connectivity index (χ3n) is 6.70. The van der Waals surface area contributed by atoms with Gasteiger partial charge >= 0.3 is 12.2 Å². The van der Waals surface area contributed by atoms with Crippen LogP contribution in [0.2, 0.25) is 25.7 Å². The fourth-order valence-corrected chi connectivity index (χ4v) is 4.95. The molecule has 4 rings (SSSR count). The number of nitrogens with one attached hydrogen (secondary N) is 2. The van der Waals surface area contributed by atoms with Crippen LogP contribution < -0.4 is 15.4 Å². The van der Waals surface area contributed by atoms with E-state index in [1.807, 2.05) is 13.8 Å². The van der Waals surface area contributed by atoms with E-state index in [1.165, 1.54) is 10.8 Å². The summed E-state index contributed by atoms with van der Waals surface area (Å²) in [6.45, 7) is 11.4. The SMILES string of the molecule is CC1(C)COC1CNC(=O)Nc1cc(F)c(Oc2ccnc3c2c(C(F)(F)F)cn3COCC[Si-](C)(C)C)c(F)c1. The molecule has 2 amide bonds. The van der Waals surface area contributed by atoms with Crippen LogP contribution in [0.25, 0.3) is 11.0 Å². The molecule has 1 unspecified atom stereocenters. The highest BCUT2D eigenvalue weighted by atomic mass is 28.3. The van der Waals surface area contributed by atoms with Gasteiger partial charge in [-0.2, -0.15) is 32.8 Å². The second-order valence-corrected chi connectivity index (χ2v) is 17.5. The number of hydrogen-bond donors (Lipinski definition) is 2. The number of carbonyl (C=O) groups is 1. The summed E-state index contributed by atoms with van der Waals surface area (Å²) in [6.07, 6.45) is -2.98. The van der Waals surface area contributed by atoms with Crippen molar-refractivity contribution >= 4 is 30.8 Å². The molecule has 41 heavy (non-hydrogen) atoms. The van der Waals surface area contributed by atoms with Crippen LogP contribution in [0.4, 0.5) is 32.4 Å². The highest BCUT2D eigenvalue weighted by Gasteiger charge is 2.40. The van der Waals surface area contributed by atoms with Gasteiger partial charge in [0.05, 0.1) is 23.7 Å². The molecule has 225 valence electrons. The summed E-state index contributed by atoms with van der Waals surface area (Å²) in [7, 11) is -1.42. The maximum absolute atomic E-state index is 15.0. The van der Waals surface area contributed by atoms with Crippen LogP contribution in [-0.4, -0.2) is 49.5 Å². The van der Waals surface area contributed by atoms with Crippen LogP contribution in [0.15, 0.2) is 30.6 Å². The van der Waals surface area contributed by atoms with Crippen LogP contribution >= 0.6 is 0 Å². The Morgan fingerprint density at radius 1 is 1.22 bits per heavy atom. The lowest BCUT2D eigenvalue weighted by molar-refractivity contribution is -0.163. The minimum absolute atomic E-state index is 0.101. The molecule has 0 radical (unpaired) electrons. The van der Waals surface area contributed by atoms with E-state index in [0.717, 1.165) is 30.4 Å². The third kappa shape index (κ3) is 7.35. The highest BCUT2D eigenvalue weighted by Crippen LogP contribution is 2.42. The minimum Gasteiger partial charge on any atom is -0.450 e. The zero-order valence-corrected chi connectivity index (χ0v) is 24.4. The molecule has 1 aliphatic heterocycles. The Kier molecular flexibility index (Phi) is 8.67. The number of urea groups is 1. The van der Waals surface area contributed by atoms with Gasteiger partial charge < -0.3 is 29.4 Å². The topological polar surface area (TPSA) is 86.6 Å². The smallest absolute Gasteiger partial charge is 0.418 e. The number of benzene rings is 1. The normalized spacial score (nSPS) is 16.9. The first-order valence-electron chi connectivity index (χ1n) is 13.0. The molecule has 8 nitrogen and oxygen atoms in total. The molecule has 14 heteroatoms. The van der Waals surface area contributed by atoms with E-state index < -0.39 is 54.4 Å². The quantitative estimate of drug-likeness (QED) is 0.149. The largest absolute Gasteiger partial charge is 0.450 e. The number of rotatable bonds is 10. The van der Waals surface area contributed by atoms with Crippen molar-refractivity contribution in [3.05, 3.63) is 47.8 Å². The second-order valence-electron chi connectivity index (χ2n) is 11.9. The Morgan fingerprint density at radius 2 is 1.90 bits per heavy atom. The molecule has 3 heterocycles. The summed E-state index contributed by atoms with van der Waals surface area (Å²) in [6, 6.07) is 2.82.